The van der Waals surface area contributed by atoms with Crippen molar-refractivity contribution >= 4 is 9.84 Å². The third kappa shape index (κ3) is 3.29. The number of methoxy groups -OCH3 is 1. The first-order valence-corrected chi connectivity index (χ1v) is 10.5. The highest BCUT2D eigenvalue weighted by Gasteiger charge is 2.24. The molecular formula is C19H24N2O4S. The predicted molar refractivity (Wildman–Crippen MR) is 101 cm³/mol. The van der Waals surface area contributed by atoms with Crippen LogP contribution in [-0.2, 0) is 29.9 Å². The van der Waals surface area contributed by atoms with Crippen molar-refractivity contribution in [2.75, 3.05) is 26.5 Å². The SMILES string of the molecule is CCN1CCc2c(c(-c3cc(S(C)(=O)=O)ccc3OC)cn(C)c2=O)C1. The second-order valence-electron chi connectivity index (χ2n) is 6.67. The predicted octanol–water partition coefficient (Wildman–Crippen LogP) is 1.84. The molecule has 1 aliphatic rings. The molecule has 7 heteroatoms. The molecule has 140 valence electrons. The summed E-state index contributed by atoms with van der Waals surface area (Å²) >= 11 is 0. The molecule has 0 amide bonds. The number of hydrogen-bond acceptors (Lipinski definition) is 5. The van der Waals surface area contributed by atoms with E-state index < -0.39 is 9.84 Å². The number of fused-ring (bicyclic) bond motifs is 1. The highest BCUT2D eigenvalue weighted by atomic mass is 32.2. The summed E-state index contributed by atoms with van der Waals surface area (Å²) in [5.74, 6) is 0.590. The Morgan fingerprint density at radius 1 is 1.19 bits per heavy atom. The molecule has 0 saturated carbocycles. The number of rotatable bonds is 4. The van der Waals surface area contributed by atoms with Gasteiger partial charge in [0.2, 0.25) is 0 Å². The van der Waals surface area contributed by atoms with Gasteiger partial charge in [0.1, 0.15) is 5.75 Å². The summed E-state index contributed by atoms with van der Waals surface area (Å²) in [7, 11) is -0.0592. The molecule has 6 nitrogen and oxygen atoms in total. The minimum Gasteiger partial charge on any atom is -0.496 e. The van der Waals surface area contributed by atoms with Gasteiger partial charge in [-0.3, -0.25) is 9.69 Å². The van der Waals surface area contributed by atoms with E-state index in [0.29, 0.717) is 24.3 Å². The minimum atomic E-state index is -3.35. The van der Waals surface area contributed by atoms with Crippen LogP contribution in [0.3, 0.4) is 0 Å². The molecule has 2 heterocycles. The van der Waals surface area contributed by atoms with Gasteiger partial charge in [-0.25, -0.2) is 8.42 Å². The van der Waals surface area contributed by atoms with Gasteiger partial charge in [-0.2, -0.15) is 0 Å². The summed E-state index contributed by atoms with van der Waals surface area (Å²) < 4.78 is 31.1. The number of ether oxygens (including phenoxy) is 1. The smallest absolute Gasteiger partial charge is 0.253 e. The molecule has 0 bridgehead atoms. The van der Waals surface area contributed by atoms with E-state index in [2.05, 4.69) is 11.8 Å². The summed E-state index contributed by atoms with van der Waals surface area (Å²) in [5, 5.41) is 0. The van der Waals surface area contributed by atoms with E-state index in [1.165, 1.54) is 6.26 Å². The van der Waals surface area contributed by atoms with Gasteiger partial charge in [-0.15, -0.1) is 0 Å². The maximum absolute atomic E-state index is 12.6. The van der Waals surface area contributed by atoms with E-state index >= 15 is 0 Å². The fraction of sp³-hybridized carbons (Fsp3) is 0.421. The Balaban J connectivity index is 2.31. The molecule has 3 rings (SSSR count). The molecule has 0 aliphatic carbocycles. The van der Waals surface area contributed by atoms with Crippen LogP contribution in [0.1, 0.15) is 18.1 Å². The maximum Gasteiger partial charge on any atom is 0.253 e. The zero-order chi connectivity index (χ0) is 19.1. The van der Waals surface area contributed by atoms with Crippen molar-refractivity contribution in [2.45, 2.75) is 24.8 Å². The maximum atomic E-state index is 12.6. The van der Waals surface area contributed by atoms with Gasteiger partial charge in [0.15, 0.2) is 9.84 Å². The van der Waals surface area contributed by atoms with Crippen LogP contribution in [0, 0.1) is 0 Å². The van der Waals surface area contributed by atoms with Crippen molar-refractivity contribution in [3.05, 3.63) is 45.9 Å². The lowest BCUT2D eigenvalue weighted by atomic mass is 9.92. The van der Waals surface area contributed by atoms with Crippen LogP contribution in [0.2, 0.25) is 0 Å². The molecule has 1 aromatic carbocycles. The summed E-state index contributed by atoms with van der Waals surface area (Å²) in [6.07, 6.45) is 3.66. The van der Waals surface area contributed by atoms with Gasteiger partial charge in [-0.1, -0.05) is 6.92 Å². The van der Waals surface area contributed by atoms with E-state index in [9.17, 15) is 13.2 Å². The van der Waals surface area contributed by atoms with Gasteiger partial charge >= 0.3 is 0 Å². The largest absolute Gasteiger partial charge is 0.496 e. The molecule has 0 N–H and O–H groups in total. The summed E-state index contributed by atoms with van der Waals surface area (Å²) in [6, 6.07) is 4.85. The van der Waals surface area contributed by atoms with Gasteiger partial charge in [-0.05, 0) is 36.7 Å². The average molecular weight is 376 g/mol. The standard InChI is InChI=1S/C19H24N2O4S/c1-5-21-9-8-14-17(12-21)16(11-20(2)19(14)22)15-10-13(26(4,23)24)6-7-18(15)25-3/h6-7,10-11H,5,8-9,12H2,1-4H3. The zero-order valence-corrected chi connectivity index (χ0v) is 16.4. The molecule has 1 aliphatic heterocycles. The molecule has 0 fully saturated rings. The van der Waals surface area contributed by atoms with E-state index in [1.54, 1.807) is 43.1 Å². The molecule has 26 heavy (non-hydrogen) atoms. The molecule has 0 spiro atoms. The fourth-order valence-electron chi connectivity index (χ4n) is 3.48. The third-order valence-corrected chi connectivity index (χ3v) is 6.10. The van der Waals surface area contributed by atoms with Crippen molar-refractivity contribution in [1.29, 1.82) is 0 Å². The van der Waals surface area contributed by atoms with Crippen LogP contribution >= 0.6 is 0 Å². The fourth-order valence-corrected chi connectivity index (χ4v) is 4.12. The van der Waals surface area contributed by atoms with Gasteiger partial charge in [0.25, 0.3) is 5.56 Å². The first-order valence-electron chi connectivity index (χ1n) is 8.58. The molecular weight excluding hydrogens is 352 g/mol. The molecule has 2 aromatic rings. The quantitative estimate of drug-likeness (QED) is 0.815. The Bertz CT molecular complexity index is 1010. The Morgan fingerprint density at radius 2 is 1.92 bits per heavy atom. The van der Waals surface area contributed by atoms with Crippen LogP contribution < -0.4 is 10.3 Å². The number of pyridine rings is 1. The normalized spacial score (nSPS) is 14.9. The Kier molecular flexibility index (Phi) is 4.94. The number of likely N-dealkylation sites (N-methyl/N-ethyl adjacent to an activating group) is 1. The first-order chi connectivity index (χ1) is 12.3. The lowest BCUT2D eigenvalue weighted by molar-refractivity contribution is 0.267. The zero-order valence-electron chi connectivity index (χ0n) is 15.6. The minimum absolute atomic E-state index is 0.0118. The van der Waals surface area contributed by atoms with Crippen LogP contribution in [0.4, 0.5) is 0 Å². The summed E-state index contributed by atoms with van der Waals surface area (Å²) in [4.78, 5) is 15.1. The second kappa shape index (κ2) is 6.89. The number of hydrogen-bond donors (Lipinski definition) is 0. The highest BCUT2D eigenvalue weighted by molar-refractivity contribution is 7.90. The average Bonchev–Trinajstić information content (AvgIpc) is 2.63. The Labute approximate surface area is 153 Å². The monoisotopic (exact) mass is 376 g/mol. The Morgan fingerprint density at radius 3 is 2.54 bits per heavy atom. The van der Waals surface area contributed by atoms with E-state index in [0.717, 1.165) is 29.8 Å². The van der Waals surface area contributed by atoms with Gasteiger partial charge in [0, 0.05) is 49.3 Å². The third-order valence-electron chi connectivity index (χ3n) is 4.99. The number of sulfone groups is 1. The number of benzene rings is 1. The van der Waals surface area contributed by atoms with E-state index in [4.69, 9.17) is 4.74 Å². The lowest BCUT2D eigenvalue weighted by Gasteiger charge is -2.29. The summed E-state index contributed by atoms with van der Waals surface area (Å²) in [6.45, 7) is 4.51. The van der Waals surface area contributed by atoms with Crippen molar-refractivity contribution < 1.29 is 13.2 Å². The number of nitrogens with zero attached hydrogens (tertiary/aromatic N) is 2. The highest BCUT2D eigenvalue weighted by Crippen LogP contribution is 2.36. The van der Waals surface area contributed by atoms with Crippen molar-refractivity contribution in [2.24, 2.45) is 7.05 Å². The molecule has 1 aromatic heterocycles. The second-order valence-corrected chi connectivity index (χ2v) is 8.68. The molecule has 0 radical (unpaired) electrons. The van der Waals surface area contributed by atoms with Crippen molar-refractivity contribution in [3.8, 4) is 16.9 Å². The van der Waals surface area contributed by atoms with Crippen molar-refractivity contribution in [3.63, 3.8) is 0 Å². The van der Waals surface area contributed by atoms with E-state index in [1.807, 2.05) is 0 Å². The topological polar surface area (TPSA) is 68.6 Å². The van der Waals surface area contributed by atoms with Crippen LogP contribution in [0.5, 0.6) is 5.75 Å². The van der Waals surface area contributed by atoms with E-state index in [-0.39, 0.29) is 10.5 Å². The van der Waals surface area contributed by atoms with Crippen LogP contribution in [0.25, 0.3) is 11.1 Å². The molecule has 0 saturated heterocycles. The lowest BCUT2D eigenvalue weighted by Crippen LogP contribution is -2.36. The first kappa shape index (κ1) is 18.7. The number of aryl methyl sites for hydroxylation is 1. The summed E-state index contributed by atoms with van der Waals surface area (Å²) in [5.41, 5.74) is 3.33. The molecule has 0 unspecified atom stereocenters. The van der Waals surface area contributed by atoms with Gasteiger partial charge < -0.3 is 9.30 Å². The van der Waals surface area contributed by atoms with Crippen LogP contribution in [0.15, 0.2) is 34.1 Å². The van der Waals surface area contributed by atoms with Crippen molar-refractivity contribution in [1.82, 2.24) is 9.47 Å². The van der Waals surface area contributed by atoms with Crippen LogP contribution in [-0.4, -0.2) is 44.3 Å². The molecule has 0 atom stereocenters. The number of aromatic nitrogens is 1. The Hall–Kier alpha value is -2.12. The van der Waals surface area contributed by atoms with Gasteiger partial charge in [0.05, 0.1) is 12.0 Å².